The Kier molecular flexibility index (Phi) is 4.15. The molecule has 7 nitrogen and oxygen atoms in total. The molecule has 0 aliphatic carbocycles. The Balaban J connectivity index is 1.71. The number of nitrogens with zero attached hydrogens (tertiary/aromatic N) is 1. The summed E-state index contributed by atoms with van der Waals surface area (Å²) in [5.41, 5.74) is 0.500. The molecule has 0 aromatic heterocycles. The number of carboxylic acids is 1. The van der Waals surface area contributed by atoms with Gasteiger partial charge in [0.2, 0.25) is 0 Å². The molecule has 0 radical (unpaired) electrons. The zero-order chi connectivity index (χ0) is 15.5. The quantitative estimate of drug-likeness (QED) is 0.888. The number of amides is 1. The molecule has 1 unspecified atom stereocenters. The van der Waals surface area contributed by atoms with E-state index in [0.717, 1.165) is 0 Å². The molecule has 1 aromatic carbocycles. The second kappa shape index (κ2) is 6.23. The van der Waals surface area contributed by atoms with Crippen LogP contribution in [0.25, 0.3) is 0 Å². The Morgan fingerprint density at radius 3 is 2.73 bits per heavy atom. The zero-order valence-electron chi connectivity index (χ0n) is 12.0. The van der Waals surface area contributed by atoms with E-state index in [1.165, 1.54) is 0 Å². The Labute approximate surface area is 127 Å². The summed E-state index contributed by atoms with van der Waals surface area (Å²) in [7, 11) is 0. The summed E-state index contributed by atoms with van der Waals surface area (Å²) in [5.74, 6) is 0.107. The number of aliphatic carboxylic acids is 1. The van der Waals surface area contributed by atoms with Crippen LogP contribution in [-0.2, 0) is 9.53 Å². The van der Waals surface area contributed by atoms with Gasteiger partial charge < -0.3 is 24.2 Å². The minimum Gasteiger partial charge on any atom is -0.486 e. The molecule has 2 aliphatic rings. The number of carboxylic acid groups (broad SMARTS) is 1. The van der Waals surface area contributed by atoms with E-state index in [9.17, 15) is 9.59 Å². The Morgan fingerprint density at radius 2 is 1.95 bits per heavy atom. The van der Waals surface area contributed by atoms with E-state index in [1.807, 2.05) is 0 Å². The van der Waals surface area contributed by atoms with Crippen LogP contribution in [0.2, 0.25) is 0 Å². The maximum atomic E-state index is 12.5. The molecule has 118 valence electrons. The van der Waals surface area contributed by atoms with Gasteiger partial charge in [-0.25, -0.2) is 0 Å². The molecule has 3 rings (SSSR count). The number of ether oxygens (including phenoxy) is 3. The van der Waals surface area contributed by atoms with E-state index in [1.54, 1.807) is 23.1 Å². The first-order valence-electron chi connectivity index (χ1n) is 7.16. The first-order valence-corrected chi connectivity index (χ1v) is 7.16. The molecule has 1 amide bonds. The lowest BCUT2D eigenvalue weighted by molar-refractivity contribution is -0.141. The highest BCUT2D eigenvalue weighted by Crippen LogP contribution is 2.31. The van der Waals surface area contributed by atoms with Gasteiger partial charge in [0.15, 0.2) is 11.5 Å². The summed E-state index contributed by atoms with van der Waals surface area (Å²) >= 11 is 0. The number of fused-ring (bicyclic) bond motifs is 1. The first-order chi connectivity index (χ1) is 10.6. The van der Waals surface area contributed by atoms with Gasteiger partial charge in [0.25, 0.3) is 5.91 Å². The van der Waals surface area contributed by atoms with Crippen molar-refractivity contribution in [1.82, 2.24) is 4.90 Å². The second-order valence-electron chi connectivity index (χ2n) is 5.20. The van der Waals surface area contributed by atoms with Crippen LogP contribution in [0.5, 0.6) is 11.5 Å². The molecule has 2 aliphatic heterocycles. The number of hydrogen-bond acceptors (Lipinski definition) is 5. The molecule has 1 aromatic rings. The Hall–Kier alpha value is -2.28. The topological polar surface area (TPSA) is 85.3 Å². The average molecular weight is 307 g/mol. The van der Waals surface area contributed by atoms with Crippen molar-refractivity contribution in [3.05, 3.63) is 23.8 Å². The fourth-order valence-electron chi connectivity index (χ4n) is 2.58. The Bertz CT molecular complexity index is 587. The molecule has 7 heteroatoms. The van der Waals surface area contributed by atoms with Gasteiger partial charge in [-0.1, -0.05) is 0 Å². The van der Waals surface area contributed by atoms with Crippen molar-refractivity contribution in [3.63, 3.8) is 0 Å². The van der Waals surface area contributed by atoms with E-state index in [2.05, 4.69) is 0 Å². The van der Waals surface area contributed by atoms with Gasteiger partial charge in [0, 0.05) is 18.7 Å². The van der Waals surface area contributed by atoms with Gasteiger partial charge in [-0.3, -0.25) is 9.59 Å². The molecule has 1 N–H and O–H groups in total. The molecule has 1 saturated heterocycles. The van der Waals surface area contributed by atoms with E-state index < -0.39 is 12.1 Å². The fourth-order valence-corrected chi connectivity index (χ4v) is 2.58. The lowest BCUT2D eigenvalue weighted by atomic mass is 10.1. The predicted octanol–water partition coefficient (Wildman–Crippen LogP) is 0.773. The predicted molar refractivity (Wildman–Crippen MR) is 75.3 cm³/mol. The Morgan fingerprint density at radius 1 is 1.18 bits per heavy atom. The number of rotatable bonds is 3. The number of benzene rings is 1. The van der Waals surface area contributed by atoms with Crippen molar-refractivity contribution in [3.8, 4) is 11.5 Å². The molecular weight excluding hydrogens is 290 g/mol. The van der Waals surface area contributed by atoms with Gasteiger partial charge >= 0.3 is 5.97 Å². The number of morpholine rings is 1. The normalized spacial score (nSPS) is 20.5. The van der Waals surface area contributed by atoms with E-state index in [0.29, 0.717) is 43.4 Å². The molecule has 1 atom stereocenters. The maximum Gasteiger partial charge on any atom is 0.306 e. The molecular formula is C15H17NO6. The van der Waals surface area contributed by atoms with Crippen LogP contribution in [0.4, 0.5) is 0 Å². The minimum absolute atomic E-state index is 0.106. The summed E-state index contributed by atoms with van der Waals surface area (Å²) in [6.45, 7) is 2.03. The number of carbonyl (C=O) groups is 2. The highest BCUT2D eigenvalue weighted by Gasteiger charge is 2.27. The maximum absolute atomic E-state index is 12.5. The van der Waals surface area contributed by atoms with Gasteiger partial charge in [-0.2, -0.15) is 0 Å². The van der Waals surface area contributed by atoms with Crippen LogP contribution in [0.3, 0.4) is 0 Å². The van der Waals surface area contributed by atoms with Gasteiger partial charge in [0.1, 0.15) is 13.2 Å². The lowest BCUT2D eigenvalue weighted by Crippen LogP contribution is -2.46. The molecule has 22 heavy (non-hydrogen) atoms. The SMILES string of the molecule is O=C(O)CC1CN(C(=O)c2ccc3c(c2)OCCO3)CCO1. The van der Waals surface area contributed by atoms with Crippen molar-refractivity contribution in [2.24, 2.45) is 0 Å². The average Bonchev–Trinajstić information content (AvgIpc) is 2.53. The number of carbonyl (C=O) groups excluding carboxylic acids is 1. The smallest absolute Gasteiger partial charge is 0.306 e. The summed E-state index contributed by atoms with van der Waals surface area (Å²) in [5, 5.41) is 8.83. The third-order valence-corrected chi connectivity index (χ3v) is 3.62. The van der Waals surface area contributed by atoms with E-state index in [4.69, 9.17) is 19.3 Å². The summed E-state index contributed by atoms with van der Waals surface area (Å²) in [6, 6.07) is 5.08. The van der Waals surface area contributed by atoms with E-state index in [-0.39, 0.29) is 18.9 Å². The van der Waals surface area contributed by atoms with Crippen LogP contribution >= 0.6 is 0 Å². The van der Waals surface area contributed by atoms with Crippen LogP contribution < -0.4 is 9.47 Å². The second-order valence-corrected chi connectivity index (χ2v) is 5.20. The molecule has 2 heterocycles. The van der Waals surface area contributed by atoms with Crippen molar-refractivity contribution < 1.29 is 28.9 Å². The first kappa shape index (κ1) is 14.6. The van der Waals surface area contributed by atoms with Gasteiger partial charge in [-0.05, 0) is 18.2 Å². The van der Waals surface area contributed by atoms with Crippen molar-refractivity contribution in [2.45, 2.75) is 12.5 Å². The highest BCUT2D eigenvalue weighted by molar-refractivity contribution is 5.95. The molecule has 0 bridgehead atoms. The van der Waals surface area contributed by atoms with Crippen molar-refractivity contribution in [1.29, 1.82) is 0 Å². The number of hydrogen-bond donors (Lipinski definition) is 1. The van der Waals surface area contributed by atoms with Gasteiger partial charge in [0.05, 0.1) is 19.1 Å². The monoisotopic (exact) mass is 307 g/mol. The third-order valence-electron chi connectivity index (χ3n) is 3.62. The van der Waals surface area contributed by atoms with Crippen LogP contribution in [-0.4, -0.2) is 60.9 Å². The third kappa shape index (κ3) is 3.14. The van der Waals surface area contributed by atoms with E-state index >= 15 is 0 Å². The molecule has 0 spiro atoms. The van der Waals surface area contributed by atoms with Gasteiger partial charge in [-0.15, -0.1) is 0 Å². The molecule has 0 saturated carbocycles. The van der Waals surface area contributed by atoms with Crippen LogP contribution in [0.1, 0.15) is 16.8 Å². The largest absolute Gasteiger partial charge is 0.486 e. The lowest BCUT2D eigenvalue weighted by Gasteiger charge is -2.32. The standard InChI is InChI=1S/C15H17NO6/c17-14(18)8-11-9-16(3-4-20-11)15(19)10-1-2-12-13(7-10)22-6-5-21-12/h1-2,7,11H,3-6,8-9H2,(H,17,18). The van der Waals surface area contributed by atoms with Crippen molar-refractivity contribution >= 4 is 11.9 Å². The summed E-state index contributed by atoms with van der Waals surface area (Å²) in [6.07, 6.45) is -0.572. The van der Waals surface area contributed by atoms with Crippen LogP contribution in [0.15, 0.2) is 18.2 Å². The highest BCUT2D eigenvalue weighted by atomic mass is 16.6. The molecule has 1 fully saturated rings. The minimum atomic E-state index is -0.932. The van der Waals surface area contributed by atoms with Crippen LogP contribution in [0, 0.1) is 0 Å². The summed E-state index contributed by atoms with van der Waals surface area (Å²) < 4.78 is 16.3. The van der Waals surface area contributed by atoms with Crippen molar-refractivity contribution in [2.75, 3.05) is 32.9 Å². The summed E-state index contributed by atoms with van der Waals surface area (Å²) in [4.78, 5) is 24.9. The fraction of sp³-hybridized carbons (Fsp3) is 0.467. The zero-order valence-corrected chi connectivity index (χ0v) is 12.0.